The zero-order valence-electron chi connectivity index (χ0n) is 29.1. The van der Waals surface area contributed by atoms with Crippen molar-refractivity contribution in [3.05, 3.63) is 40.9 Å². The van der Waals surface area contributed by atoms with Gasteiger partial charge in [0.2, 0.25) is 11.8 Å². The highest BCUT2D eigenvalue weighted by atomic mass is 79.9. The molecular weight excluding hydrogens is 754 g/mol. The number of urea groups is 1. The summed E-state index contributed by atoms with van der Waals surface area (Å²) in [5.41, 5.74) is 0. The molecule has 2 saturated carbocycles. The number of carbonyl (C=O) groups is 4. The number of rotatable bonds is 17. The molecular formula is C33H50BrN5O9S2. The highest BCUT2D eigenvalue weighted by Crippen LogP contribution is 2.51. The monoisotopic (exact) mass is 803 g/mol. The number of allylic oxidation sites excluding steroid dienone is 2. The lowest BCUT2D eigenvalue weighted by atomic mass is 10.0. The minimum absolute atomic E-state index is 0.113. The average Bonchev–Trinajstić information content (AvgIpc) is 3.96. The quantitative estimate of drug-likeness (QED) is 0.104. The molecule has 280 valence electrons. The van der Waals surface area contributed by atoms with E-state index in [4.69, 9.17) is 4.18 Å². The fourth-order valence-electron chi connectivity index (χ4n) is 5.67. The van der Waals surface area contributed by atoms with Crippen molar-refractivity contribution < 1.29 is 40.5 Å². The first-order chi connectivity index (χ1) is 23.3. The molecule has 3 fully saturated rings. The average molecular weight is 805 g/mol. The minimum atomic E-state index is -4.54. The lowest BCUT2D eigenvalue weighted by molar-refractivity contribution is -0.140. The molecule has 0 spiro atoms. The number of nitrogens with zero attached hydrogens (tertiary/aromatic N) is 2. The van der Waals surface area contributed by atoms with Crippen molar-refractivity contribution >= 4 is 59.3 Å². The van der Waals surface area contributed by atoms with Gasteiger partial charge in [0.15, 0.2) is 0 Å². The third-order valence-electron chi connectivity index (χ3n) is 9.50. The van der Waals surface area contributed by atoms with Crippen molar-refractivity contribution in [3.8, 4) is 0 Å². The maximum absolute atomic E-state index is 14.1. The number of hydrogen-bond acceptors (Lipinski definition) is 8. The van der Waals surface area contributed by atoms with Crippen LogP contribution in [0.25, 0.3) is 0 Å². The molecule has 1 aliphatic heterocycles. The van der Waals surface area contributed by atoms with Gasteiger partial charge in [0.25, 0.3) is 16.0 Å². The Balaban J connectivity index is 1.48. The van der Waals surface area contributed by atoms with Crippen molar-refractivity contribution in [2.45, 2.75) is 99.0 Å². The van der Waals surface area contributed by atoms with E-state index in [1.807, 2.05) is 0 Å². The molecule has 4 N–H and O–H groups in total. The van der Waals surface area contributed by atoms with Gasteiger partial charge in [0, 0.05) is 37.8 Å². The van der Waals surface area contributed by atoms with E-state index in [1.165, 1.54) is 48.9 Å². The van der Waals surface area contributed by atoms with Crippen LogP contribution in [0.4, 0.5) is 4.79 Å². The predicted octanol–water partition coefficient (Wildman–Crippen LogP) is 3.30. The Morgan fingerprint density at radius 3 is 2.40 bits per heavy atom. The molecule has 0 bridgehead atoms. The van der Waals surface area contributed by atoms with Crippen LogP contribution in [0.2, 0.25) is 0 Å². The normalized spacial score (nSPS) is 21.6. The number of unbranched alkanes of at least 4 members (excludes halogenated alkanes) is 3. The fourth-order valence-corrected chi connectivity index (χ4v) is 8.93. The smallest absolute Gasteiger partial charge is 0.317 e. The Morgan fingerprint density at radius 1 is 1.14 bits per heavy atom. The Morgan fingerprint density at radius 2 is 1.80 bits per heavy atom. The van der Waals surface area contributed by atoms with E-state index >= 15 is 0 Å². The zero-order valence-corrected chi connectivity index (χ0v) is 32.3. The van der Waals surface area contributed by atoms with E-state index in [2.05, 4.69) is 43.4 Å². The molecule has 1 heterocycles. The Hall–Kier alpha value is -2.86. The van der Waals surface area contributed by atoms with Gasteiger partial charge >= 0.3 is 6.03 Å². The lowest BCUT2D eigenvalue weighted by Crippen LogP contribution is -2.59. The number of carbonyl (C=O) groups excluding carboxylic acids is 4. The second-order valence-corrected chi connectivity index (χ2v) is 20.4. The molecule has 3 aliphatic rings. The first-order valence-electron chi connectivity index (χ1n) is 16.9. The van der Waals surface area contributed by atoms with Gasteiger partial charge in [-0.3, -0.25) is 27.8 Å². The molecule has 5 amide bonds. The van der Waals surface area contributed by atoms with E-state index in [1.54, 1.807) is 19.1 Å². The summed E-state index contributed by atoms with van der Waals surface area (Å²) in [4.78, 5) is 55.5. The topological polar surface area (TPSA) is 192 Å². The molecule has 0 radical (unpaired) electrons. The Bertz CT molecular complexity index is 1640. The second kappa shape index (κ2) is 15.8. The number of nitrogens with one attached hydrogen (secondary N) is 3. The van der Waals surface area contributed by atoms with Gasteiger partial charge in [-0.2, -0.15) is 12.6 Å². The summed E-state index contributed by atoms with van der Waals surface area (Å²) in [5, 5.41) is 5.17. The van der Waals surface area contributed by atoms with Crippen molar-refractivity contribution in [2.75, 3.05) is 33.4 Å². The summed E-state index contributed by atoms with van der Waals surface area (Å²) in [6.07, 6.45) is 11.1. The lowest BCUT2D eigenvalue weighted by Gasteiger charge is -2.45. The van der Waals surface area contributed by atoms with Crippen molar-refractivity contribution in [1.82, 2.24) is 25.2 Å². The number of hydrogen-bond donors (Lipinski definition) is 4. The predicted molar refractivity (Wildman–Crippen MR) is 193 cm³/mol. The largest absolute Gasteiger partial charge is 0.345 e. The summed E-state index contributed by atoms with van der Waals surface area (Å²) in [6.45, 7) is 0.664. The van der Waals surface area contributed by atoms with E-state index < -0.39 is 72.9 Å². The van der Waals surface area contributed by atoms with Gasteiger partial charge in [-0.05, 0) is 82.1 Å². The molecule has 2 aliphatic carbocycles. The van der Waals surface area contributed by atoms with Crippen LogP contribution in [-0.4, -0.2) is 107 Å². The zero-order chi connectivity index (χ0) is 36.9. The van der Waals surface area contributed by atoms with E-state index in [0.29, 0.717) is 29.7 Å². The van der Waals surface area contributed by atoms with Crippen molar-refractivity contribution in [1.29, 1.82) is 0 Å². The highest BCUT2D eigenvalue weighted by Gasteiger charge is 2.54. The molecule has 3 unspecified atom stereocenters. The van der Waals surface area contributed by atoms with Gasteiger partial charge in [-0.1, -0.05) is 40.9 Å². The summed E-state index contributed by atoms with van der Waals surface area (Å²) < 4.78 is 57.6. The third kappa shape index (κ3) is 10.6. The van der Waals surface area contributed by atoms with Gasteiger partial charge in [0.05, 0.1) is 22.3 Å². The van der Waals surface area contributed by atoms with Crippen LogP contribution in [0.5, 0.6) is 0 Å². The maximum atomic E-state index is 14.1. The van der Waals surface area contributed by atoms with E-state index in [9.17, 15) is 36.4 Å². The van der Waals surface area contributed by atoms with Crippen LogP contribution in [0.3, 0.4) is 0 Å². The van der Waals surface area contributed by atoms with Crippen LogP contribution in [0, 0.1) is 5.92 Å². The number of amides is 5. The molecule has 4 rings (SSSR count). The molecule has 3 atom stereocenters. The SMILES string of the molecule is CN(C)C(=O)NC(CCCCCC=CC1CC1)C(=O)N1CC(OS(=O)(=O)c2ccc(Br)cc2)CC1C(=O)NCC(=O)NS(C)(=O)(O)C1(C)CC1. The molecule has 1 aromatic carbocycles. The Kier molecular flexibility index (Phi) is 12.6. The molecule has 0 aromatic heterocycles. The molecule has 17 heteroatoms. The first kappa shape index (κ1) is 39.9. The van der Waals surface area contributed by atoms with Gasteiger partial charge in [0.1, 0.15) is 12.1 Å². The van der Waals surface area contributed by atoms with E-state index in [-0.39, 0.29) is 24.3 Å². The summed E-state index contributed by atoms with van der Waals surface area (Å²) in [6, 6.07) is 3.01. The first-order valence-corrected chi connectivity index (χ1v) is 21.4. The van der Waals surface area contributed by atoms with Crippen LogP contribution in [-0.2, 0) is 38.2 Å². The molecule has 1 saturated heterocycles. The highest BCUT2D eigenvalue weighted by molar-refractivity contribution is 9.10. The van der Waals surface area contributed by atoms with Gasteiger partial charge in [-0.15, -0.1) is 9.53 Å². The second-order valence-electron chi connectivity index (χ2n) is 14.1. The standard InChI is InChI=1S/C33H50BrN5O9S2/c1-33(18-19-33)50(4,46,47)37-29(40)21-35-30(41)28-20-25(48-49(44,45)26-16-14-24(34)15-17-26)22-39(28)31(42)27(36-32(43)38(2)3)11-9-7-5-6-8-10-23-12-13-23/h8,10,14-17,23,25,27-28H,5-7,9,11-13,18-22H2,1-4H3,(H,35,41)(H,36,43)(H2,37,40,46,47). The minimum Gasteiger partial charge on any atom is -0.345 e. The van der Waals surface area contributed by atoms with Crippen LogP contribution >= 0.6 is 15.9 Å². The van der Waals surface area contributed by atoms with Crippen LogP contribution < -0.4 is 15.4 Å². The summed E-state index contributed by atoms with van der Waals surface area (Å²) >= 11 is 3.27. The Labute approximate surface area is 303 Å². The number of likely N-dealkylation sites (tertiary alicyclic amines) is 1. The third-order valence-corrected chi connectivity index (χ3v) is 14.8. The molecule has 50 heavy (non-hydrogen) atoms. The summed E-state index contributed by atoms with van der Waals surface area (Å²) in [5.74, 6) is -1.57. The van der Waals surface area contributed by atoms with Crippen molar-refractivity contribution in [3.63, 3.8) is 0 Å². The summed E-state index contributed by atoms with van der Waals surface area (Å²) in [7, 11) is -5.76. The van der Waals surface area contributed by atoms with Gasteiger partial charge < -0.3 is 20.4 Å². The molecule has 1 aromatic rings. The molecule has 14 nitrogen and oxygen atoms in total. The van der Waals surface area contributed by atoms with E-state index in [0.717, 1.165) is 25.5 Å². The van der Waals surface area contributed by atoms with Crippen molar-refractivity contribution in [2.24, 2.45) is 5.92 Å². The fraction of sp³-hybridized carbons (Fsp3) is 0.636. The number of benzene rings is 1. The number of halogens is 1. The maximum Gasteiger partial charge on any atom is 0.317 e. The van der Waals surface area contributed by atoms with Gasteiger partial charge in [-0.25, -0.2) is 4.79 Å². The van der Waals surface area contributed by atoms with Crippen LogP contribution in [0.15, 0.2) is 45.8 Å². The van der Waals surface area contributed by atoms with Crippen LogP contribution in [0.1, 0.15) is 71.1 Å².